The highest BCUT2D eigenvalue weighted by atomic mass is 35.5. The largest absolute Gasteiger partial charge is 0.495 e. The van der Waals surface area contributed by atoms with E-state index in [1.807, 2.05) is 0 Å². The first-order chi connectivity index (χ1) is 10.0. The van der Waals surface area contributed by atoms with Gasteiger partial charge >= 0.3 is 5.69 Å². The van der Waals surface area contributed by atoms with Crippen LogP contribution in [-0.4, -0.2) is 12.0 Å². The lowest BCUT2D eigenvalue weighted by atomic mass is 10.2. The Kier molecular flexibility index (Phi) is 4.59. The molecule has 0 amide bonds. The van der Waals surface area contributed by atoms with Gasteiger partial charge in [-0.2, -0.15) is 4.39 Å². The summed E-state index contributed by atoms with van der Waals surface area (Å²) in [6.45, 7) is 0.317. The molecule has 0 saturated carbocycles. The predicted octanol–water partition coefficient (Wildman–Crippen LogP) is 4.01. The molecule has 1 N–H and O–H groups in total. The van der Waals surface area contributed by atoms with E-state index in [0.717, 1.165) is 17.8 Å². The minimum atomic E-state index is -0.855. The molecule has 0 unspecified atom stereocenters. The molecule has 2 aromatic rings. The van der Waals surface area contributed by atoms with Gasteiger partial charge in [-0.25, -0.2) is 0 Å². The smallest absolute Gasteiger partial charge is 0.304 e. The van der Waals surface area contributed by atoms with Gasteiger partial charge in [-0.15, -0.1) is 0 Å². The molecule has 0 spiro atoms. The molecule has 5 nitrogen and oxygen atoms in total. The Labute approximate surface area is 125 Å². The molecule has 0 aliphatic rings. The minimum absolute atomic E-state index is 0.317. The van der Waals surface area contributed by atoms with E-state index in [1.165, 1.54) is 13.2 Å². The molecule has 0 fully saturated rings. The molecular weight excluding hydrogens is 299 g/mol. The highest BCUT2D eigenvalue weighted by molar-refractivity contribution is 6.32. The molecule has 2 rings (SSSR count). The van der Waals surface area contributed by atoms with Crippen molar-refractivity contribution in [1.82, 2.24) is 0 Å². The van der Waals surface area contributed by atoms with Gasteiger partial charge in [-0.05, 0) is 29.8 Å². The second kappa shape index (κ2) is 6.41. The van der Waals surface area contributed by atoms with Crippen LogP contribution in [0.5, 0.6) is 5.75 Å². The van der Waals surface area contributed by atoms with Crippen LogP contribution in [0, 0.1) is 15.9 Å². The monoisotopic (exact) mass is 310 g/mol. The molecule has 0 aliphatic heterocycles. The fraction of sp³-hybridized carbons (Fsp3) is 0.143. The Bertz CT molecular complexity index is 679. The highest BCUT2D eigenvalue weighted by Gasteiger charge is 2.13. The van der Waals surface area contributed by atoms with Gasteiger partial charge < -0.3 is 10.1 Å². The van der Waals surface area contributed by atoms with Crippen LogP contribution in [0.3, 0.4) is 0 Å². The lowest BCUT2D eigenvalue weighted by molar-refractivity contribution is -0.387. The van der Waals surface area contributed by atoms with Crippen molar-refractivity contribution in [1.29, 1.82) is 0 Å². The van der Waals surface area contributed by atoms with Gasteiger partial charge in [0.1, 0.15) is 5.75 Å². The first-order valence-corrected chi connectivity index (χ1v) is 6.39. The van der Waals surface area contributed by atoms with Crippen LogP contribution in [0.25, 0.3) is 0 Å². The maximum Gasteiger partial charge on any atom is 0.304 e. The summed E-state index contributed by atoms with van der Waals surface area (Å²) in [7, 11) is 1.52. The number of hydrogen-bond donors (Lipinski definition) is 1. The van der Waals surface area contributed by atoms with Crippen LogP contribution in [0.15, 0.2) is 36.4 Å². The third-order valence-corrected chi connectivity index (χ3v) is 3.15. The SMILES string of the molecule is COc1ccc(NCc2ccc([N+](=O)[O-])c(F)c2)cc1Cl. The summed E-state index contributed by atoms with van der Waals surface area (Å²) in [5.41, 5.74) is 0.788. The first kappa shape index (κ1) is 15.1. The van der Waals surface area contributed by atoms with Crippen molar-refractivity contribution < 1.29 is 14.1 Å². The van der Waals surface area contributed by atoms with E-state index in [0.29, 0.717) is 22.9 Å². The van der Waals surface area contributed by atoms with Gasteiger partial charge in [0.25, 0.3) is 0 Å². The van der Waals surface area contributed by atoms with Gasteiger partial charge in [0.05, 0.1) is 17.1 Å². The van der Waals surface area contributed by atoms with Crippen LogP contribution >= 0.6 is 11.6 Å². The van der Waals surface area contributed by atoms with Crippen molar-refractivity contribution in [2.24, 2.45) is 0 Å². The van der Waals surface area contributed by atoms with Crippen LogP contribution in [0.2, 0.25) is 5.02 Å². The second-order valence-corrected chi connectivity index (χ2v) is 4.65. The van der Waals surface area contributed by atoms with E-state index in [1.54, 1.807) is 18.2 Å². The summed E-state index contributed by atoms with van der Waals surface area (Å²) in [6.07, 6.45) is 0. The highest BCUT2D eigenvalue weighted by Crippen LogP contribution is 2.27. The van der Waals surface area contributed by atoms with Crippen molar-refractivity contribution in [2.45, 2.75) is 6.54 Å². The molecule has 0 aliphatic carbocycles. The van der Waals surface area contributed by atoms with Crippen LogP contribution in [0.4, 0.5) is 15.8 Å². The second-order valence-electron chi connectivity index (χ2n) is 4.25. The maximum absolute atomic E-state index is 13.5. The summed E-state index contributed by atoms with van der Waals surface area (Å²) in [4.78, 5) is 9.78. The van der Waals surface area contributed by atoms with E-state index in [4.69, 9.17) is 16.3 Å². The first-order valence-electron chi connectivity index (χ1n) is 6.01. The average Bonchev–Trinajstić information content (AvgIpc) is 2.45. The summed E-state index contributed by atoms with van der Waals surface area (Å²) >= 11 is 5.99. The summed E-state index contributed by atoms with van der Waals surface area (Å²) in [5, 5.41) is 14.0. The normalized spacial score (nSPS) is 10.2. The molecule has 0 atom stereocenters. The molecule has 21 heavy (non-hydrogen) atoms. The van der Waals surface area contributed by atoms with E-state index < -0.39 is 16.4 Å². The van der Waals surface area contributed by atoms with Crippen molar-refractivity contribution in [3.63, 3.8) is 0 Å². The molecule has 0 aromatic heterocycles. The lowest BCUT2D eigenvalue weighted by Gasteiger charge is -2.09. The van der Waals surface area contributed by atoms with Crippen molar-refractivity contribution in [3.8, 4) is 5.75 Å². The minimum Gasteiger partial charge on any atom is -0.495 e. The van der Waals surface area contributed by atoms with Crippen LogP contribution in [-0.2, 0) is 6.54 Å². The standard InChI is InChI=1S/C14H12ClFN2O3/c1-21-14-5-3-10(7-11(14)15)17-8-9-2-4-13(18(19)20)12(16)6-9/h2-7,17H,8H2,1H3. The third-order valence-electron chi connectivity index (χ3n) is 2.86. The number of nitrogens with one attached hydrogen (secondary N) is 1. The van der Waals surface area contributed by atoms with E-state index >= 15 is 0 Å². The van der Waals surface area contributed by atoms with Gasteiger partial charge in [0.2, 0.25) is 5.82 Å². The number of nitro benzene ring substituents is 1. The maximum atomic E-state index is 13.5. The third kappa shape index (κ3) is 3.61. The molecule has 0 heterocycles. The molecular formula is C14H12ClFN2O3. The average molecular weight is 311 g/mol. The fourth-order valence-electron chi connectivity index (χ4n) is 1.79. The van der Waals surface area contributed by atoms with Gasteiger partial charge in [-0.3, -0.25) is 10.1 Å². The fourth-order valence-corrected chi connectivity index (χ4v) is 2.05. The summed E-state index contributed by atoms with van der Waals surface area (Å²) in [5.74, 6) is -0.296. The number of nitrogens with zero attached hydrogens (tertiary/aromatic N) is 1. The zero-order chi connectivity index (χ0) is 15.4. The number of methoxy groups -OCH3 is 1. The Morgan fingerprint density at radius 1 is 1.33 bits per heavy atom. The van der Waals surface area contributed by atoms with Crippen LogP contribution < -0.4 is 10.1 Å². The van der Waals surface area contributed by atoms with E-state index in [2.05, 4.69) is 5.32 Å². The molecule has 0 bridgehead atoms. The number of halogens is 2. The Hall–Kier alpha value is -2.34. The number of benzene rings is 2. The topological polar surface area (TPSA) is 64.4 Å². The quantitative estimate of drug-likeness (QED) is 0.669. The molecule has 2 aromatic carbocycles. The Morgan fingerprint density at radius 3 is 2.67 bits per heavy atom. The van der Waals surface area contributed by atoms with Crippen molar-refractivity contribution in [3.05, 3.63) is 62.9 Å². The predicted molar refractivity (Wildman–Crippen MR) is 78.4 cm³/mol. The number of rotatable bonds is 5. The molecule has 110 valence electrons. The number of anilines is 1. The van der Waals surface area contributed by atoms with Gasteiger partial charge in [0.15, 0.2) is 0 Å². The Balaban J connectivity index is 2.08. The Morgan fingerprint density at radius 2 is 2.10 bits per heavy atom. The lowest BCUT2D eigenvalue weighted by Crippen LogP contribution is -2.01. The molecule has 7 heteroatoms. The van der Waals surface area contributed by atoms with Gasteiger partial charge in [0, 0.05) is 18.3 Å². The summed E-state index contributed by atoms with van der Waals surface area (Å²) < 4.78 is 18.5. The molecule has 0 saturated heterocycles. The molecule has 0 radical (unpaired) electrons. The van der Waals surface area contributed by atoms with E-state index in [9.17, 15) is 14.5 Å². The summed E-state index contributed by atoms with van der Waals surface area (Å²) in [6, 6.07) is 8.94. The zero-order valence-corrected chi connectivity index (χ0v) is 11.9. The zero-order valence-electron chi connectivity index (χ0n) is 11.1. The van der Waals surface area contributed by atoms with Crippen LogP contribution in [0.1, 0.15) is 5.56 Å². The van der Waals surface area contributed by atoms with E-state index in [-0.39, 0.29) is 0 Å². The number of hydrogen-bond acceptors (Lipinski definition) is 4. The van der Waals surface area contributed by atoms with Gasteiger partial charge in [-0.1, -0.05) is 17.7 Å². The number of ether oxygens (including phenoxy) is 1. The van der Waals surface area contributed by atoms with Crippen molar-refractivity contribution in [2.75, 3.05) is 12.4 Å². The van der Waals surface area contributed by atoms with Crippen molar-refractivity contribution >= 4 is 23.0 Å². The number of nitro groups is 1.